The van der Waals surface area contributed by atoms with Crippen LogP contribution in [0.2, 0.25) is 0 Å². The first-order chi connectivity index (χ1) is 13.2. The summed E-state index contributed by atoms with van der Waals surface area (Å²) in [4.78, 5) is 22.6. The Morgan fingerprint density at radius 1 is 1.26 bits per heavy atom. The molecule has 0 bridgehead atoms. The van der Waals surface area contributed by atoms with E-state index in [2.05, 4.69) is 9.97 Å². The van der Waals surface area contributed by atoms with Gasteiger partial charge in [-0.3, -0.25) is 4.79 Å². The van der Waals surface area contributed by atoms with Crippen LogP contribution in [0, 0.1) is 11.3 Å². The van der Waals surface area contributed by atoms with Crippen LogP contribution < -0.4 is 14.2 Å². The highest BCUT2D eigenvalue weighted by atomic mass is 16.6. The molecular formula is C19H18N4O4. The summed E-state index contributed by atoms with van der Waals surface area (Å²) in [6, 6.07) is 9.27. The second-order valence-electron chi connectivity index (χ2n) is 6.35. The highest BCUT2D eigenvalue weighted by Gasteiger charge is 2.34. The van der Waals surface area contributed by atoms with Gasteiger partial charge in [-0.05, 0) is 25.0 Å². The normalized spacial score (nSPS) is 21.2. The zero-order chi connectivity index (χ0) is 18.6. The van der Waals surface area contributed by atoms with E-state index >= 15 is 0 Å². The van der Waals surface area contributed by atoms with Gasteiger partial charge in [0.25, 0.3) is 11.8 Å². The molecule has 4 rings (SSSR count). The lowest BCUT2D eigenvalue weighted by atomic mass is 10.1. The van der Waals surface area contributed by atoms with Crippen molar-refractivity contribution >= 4 is 5.91 Å². The standard InChI is InChI=1S/C19H18N4O4/c20-10-14-18(22-8-7-21-14)26-13-4-3-9-23(11-13)19(24)17-12-25-15-5-1-2-6-16(15)27-17/h1-2,5-8,13,17H,3-4,9,11-12H2/t13-,17-/m0/s1. The second-order valence-corrected chi connectivity index (χ2v) is 6.35. The lowest BCUT2D eigenvalue weighted by molar-refractivity contribution is -0.143. The van der Waals surface area contributed by atoms with Gasteiger partial charge in [-0.25, -0.2) is 9.97 Å². The Bertz CT molecular complexity index is 882. The molecule has 0 N–H and O–H groups in total. The van der Waals surface area contributed by atoms with Gasteiger partial charge in [0.1, 0.15) is 18.8 Å². The van der Waals surface area contributed by atoms with Crippen LogP contribution in [-0.2, 0) is 4.79 Å². The van der Waals surface area contributed by atoms with Crippen molar-refractivity contribution in [2.75, 3.05) is 19.7 Å². The third-order valence-electron chi connectivity index (χ3n) is 4.52. The predicted octanol–water partition coefficient (Wildman–Crippen LogP) is 1.56. The number of hydrogen-bond acceptors (Lipinski definition) is 7. The maximum atomic E-state index is 12.9. The summed E-state index contributed by atoms with van der Waals surface area (Å²) < 4.78 is 17.3. The molecule has 0 aliphatic carbocycles. The van der Waals surface area contributed by atoms with Crippen LogP contribution in [0.5, 0.6) is 17.4 Å². The maximum Gasteiger partial charge on any atom is 0.267 e. The Morgan fingerprint density at radius 2 is 2.07 bits per heavy atom. The monoisotopic (exact) mass is 366 g/mol. The molecule has 0 spiro atoms. The second kappa shape index (κ2) is 7.50. The minimum atomic E-state index is -0.676. The number of piperidine rings is 1. The fraction of sp³-hybridized carbons (Fsp3) is 0.368. The number of carbonyl (C=O) groups excluding carboxylic acids is 1. The van der Waals surface area contributed by atoms with Gasteiger partial charge in [-0.15, -0.1) is 0 Å². The summed E-state index contributed by atoms with van der Waals surface area (Å²) in [6.07, 6.45) is 3.57. The lowest BCUT2D eigenvalue weighted by Crippen LogP contribution is -2.51. The Hall–Kier alpha value is -3.34. The minimum absolute atomic E-state index is 0.127. The number of rotatable bonds is 3. The number of carbonyl (C=O) groups is 1. The number of amides is 1. The average Bonchev–Trinajstić information content (AvgIpc) is 2.73. The molecule has 1 fully saturated rings. The highest BCUT2D eigenvalue weighted by Crippen LogP contribution is 2.31. The van der Waals surface area contributed by atoms with Crippen molar-refractivity contribution in [3.05, 3.63) is 42.4 Å². The zero-order valence-electron chi connectivity index (χ0n) is 14.6. The topological polar surface area (TPSA) is 97.6 Å². The molecule has 0 saturated carbocycles. The fourth-order valence-electron chi connectivity index (χ4n) is 3.23. The van der Waals surface area contributed by atoms with Crippen LogP contribution in [0.3, 0.4) is 0 Å². The van der Waals surface area contributed by atoms with Crippen LogP contribution >= 0.6 is 0 Å². The molecule has 3 heterocycles. The molecule has 1 amide bonds. The van der Waals surface area contributed by atoms with Gasteiger partial charge in [-0.2, -0.15) is 5.26 Å². The van der Waals surface area contributed by atoms with Gasteiger partial charge in [0, 0.05) is 18.9 Å². The third kappa shape index (κ3) is 3.62. The van der Waals surface area contributed by atoms with Crippen molar-refractivity contribution in [2.24, 2.45) is 0 Å². The van der Waals surface area contributed by atoms with E-state index in [0.29, 0.717) is 24.6 Å². The van der Waals surface area contributed by atoms with Gasteiger partial charge >= 0.3 is 0 Å². The number of fused-ring (bicyclic) bond motifs is 1. The average molecular weight is 366 g/mol. The van der Waals surface area contributed by atoms with Crippen LogP contribution in [0.25, 0.3) is 0 Å². The Morgan fingerprint density at radius 3 is 2.93 bits per heavy atom. The SMILES string of the molecule is N#Cc1nccnc1O[C@H]1CCCN(C(=O)[C@@H]2COc3ccccc3O2)C1. The number of para-hydroxylation sites is 2. The smallest absolute Gasteiger partial charge is 0.267 e. The molecule has 1 aromatic heterocycles. The number of nitriles is 1. The van der Waals surface area contributed by atoms with E-state index in [4.69, 9.17) is 19.5 Å². The van der Waals surface area contributed by atoms with E-state index in [1.807, 2.05) is 24.3 Å². The molecule has 1 aromatic carbocycles. The summed E-state index contributed by atoms with van der Waals surface area (Å²) in [6.45, 7) is 1.22. The van der Waals surface area contributed by atoms with Gasteiger partial charge in [0.2, 0.25) is 11.8 Å². The number of ether oxygens (including phenoxy) is 3. The first kappa shape index (κ1) is 17.1. The number of nitrogens with zero attached hydrogens (tertiary/aromatic N) is 4. The summed E-state index contributed by atoms with van der Waals surface area (Å²) in [5.74, 6) is 1.29. The molecule has 27 heavy (non-hydrogen) atoms. The molecular weight excluding hydrogens is 348 g/mol. The summed E-state index contributed by atoms with van der Waals surface area (Å²) >= 11 is 0. The van der Waals surface area contributed by atoms with Crippen LogP contribution in [0.4, 0.5) is 0 Å². The molecule has 138 valence electrons. The van der Waals surface area contributed by atoms with E-state index < -0.39 is 6.10 Å². The maximum absolute atomic E-state index is 12.9. The molecule has 8 nitrogen and oxygen atoms in total. The first-order valence-corrected chi connectivity index (χ1v) is 8.79. The largest absolute Gasteiger partial charge is 0.485 e. The highest BCUT2D eigenvalue weighted by molar-refractivity contribution is 5.82. The minimum Gasteiger partial charge on any atom is -0.485 e. The van der Waals surface area contributed by atoms with E-state index in [0.717, 1.165) is 12.8 Å². The molecule has 2 aliphatic heterocycles. The molecule has 0 radical (unpaired) electrons. The fourth-order valence-corrected chi connectivity index (χ4v) is 3.23. The van der Waals surface area contributed by atoms with Gasteiger partial charge in [0.15, 0.2) is 11.5 Å². The number of likely N-dealkylation sites (tertiary alicyclic amines) is 1. The summed E-state index contributed by atoms with van der Waals surface area (Å²) in [7, 11) is 0. The van der Waals surface area contributed by atoms with E-state index in [1.54, 1.807) is 11.0 Å². The van der Waals surface area contributed by atoms with E-state index in [9.17, 15) is 4.79 Å². The Kier molecular flexibility index (Phi) is 4.75. The molecule has 2 aromatic rings. The van der Waals surface area contributed by atoms with Gasteiger partial charge in [-0.1, -0.05) is 12.1 Å². The van der Waals surface area contributed by atoms with Crippen molar-refractivity contribution in [3.63, 3.8) is 0 Å². The molecule has 0 unspecified atom stereocenters. The van der Waals surface area contributed by atoms with Crippen LogP contribution in [-0.4, -0.2) is 52.7 Å². The van der Waals surface area contributed by atoms with E-state index in [-0.39, 0.29) is 30.2 Å². The van der Waals surface area contributed by atoms with Crippen molar-refractivity contribution in [1.29, 1.82) is 5.26 Å². The Labute approximate surface area is 156 Å². The summed E-state index contributed by atoms with van der Waals surface area (Å²) in [5, 5.41) is 9.11. The number of benzene rings is 1. The number of aromatic nitrogens is 2. The van der Waals surface area contributed by atoms with Crippen LogP contribution in [0.1, 0.15) is 18.5 Å². The quantitative estimate of drug-likeness (QED) is 0.813. The zero-order valence-corrected chi connectivity index (χ0v) is 14.6. The van der Waals surface area contributed by atoms with Crippen molar-refractivity contribution in [1.82, 2.24) is 14.9 Å². The van der Waals surface area contributed by atoms with Gasteiger partial charge < -0.3 is 19.1 Å². The van der Waals surface area contributed by atoms with Crippen molar-refractivity contribution in [3.8, 4) is 23.4 Å². The predicted molar refractivity (Wildman–Crippen MR) is 93.3 cm³/mol. The Balaban J connectivity index is 1.41. The summed E-state index contributed by atoms with van der Waals surface area (Å²) in [5.41, 5.74) is 0.140. The third-order valence-corrected chi connectivity index (χ3v) is 4.52. The van der Waals surface area contributed by atoms with Crippen molar-refractivity contribution in [2.45, 2.75) is 25.0 Å². The molecule has 1 saturated heterocycles. The van der Waals surface area contributed by atoms with Crippen molar-refractivity contribution < 1.29 is 19.0 Å². The lowest BCUT2D eigenvalue weighted by Gasteiger charge is -2.35. The van der Waals surface area contributed by atoms with Gasteiger partial charge in [0.05, 0.1) is 6.54 Å². The molecule has 2 aliphatic rings. The molecule has 2 atom stereocenters. The van der Waals surface area contributed by atoms with E-state index in [1.165, 1.54) is 12.4 Å². The molecule has 8 heteroatoms. The number of hydrogen-bond donors (Lipinski definition) is 0. The first-order valence-electron chi connectivity index (χ1n) is 8.79. The van der Waals surface area contributed by atoms with Crippen LogP contribution in [0.15, 0.2) is 36.7 Å².